The maximum atomic E-state index is 10.5. The fourth-order valence-electron chi connectivity index (χ4n) is 2.07. The van der Waals surface area contributed by atoms with Crippen LogP contribution >= 0.6 is 0 Å². The molecule has 0 fully saturated rings. The Bertz CT molecular complexity index is 857. The summed E-state index contributed by atoms with van der Waals surface area (Å²) in [6.45, 7) is 0. The van der Waals surface area contributed by atoms with E-state index in [0.29, 0.717) is 22.9 Å². The van der Waals surface area contributed by atoms with E-state index < -0.39 is 12.2 Å². The maximum absolute atomic E-state index is 10.5. The highest BCUT2D eigenvalue weighted by atomic mass is 16.4. The lowest BCUT2D eigenvalue weighted by molar-refractivity contribution is -0.137. The van der Waals surface area contributed by atoms with Crippen LogP contribution in [0, 0.1) is 0 Å². The zero-order chi connectivity index (χ0) is 18.4. The fourth-order valence-corrected chi connectivity index (χ4v) is 2.07. The van der Waals surface area contributed by atoms with E-state index in [1.807, 2.05) is 6.07 Å². The molecule has 0 aliphatic carbocycles. The summed E-state index contributed by atoms with van der Waals surface area (Å²) >= 11 is 0. The Morgan fingerprint density at radius 2 is 1.69 bits per heavy atom. The number of nitrogens with zero attached hydrogens (tertiary/aromatic N) is 6. The Hall–Kier alpha value is -3.53. The van der Waals surface area contributed by atoms with Crippen LogP contribution in [0.5, 0.6) is 0 Å². The van der Waals surface area contributed by atoms with Crippen molar-refractivity contribution in [3.63, 3.8) is 0 Å². The van der Waals surface area contributed by atoms with Crippen molar-refractivity contribution in [3.8, 4) is 23.0 Å². The van der Waals surface area contributed by atoms with E-state index in [9.17, 15) is 9.90 Å². The first kappa shape index (κ1) is 17.3. The molecule has 0 radical (unpaired) electrons. The van der Waals surface area contributed by atoms with Crippen molar-refractivity contribution in [2.75, 3.05) is 5.32 Å². The van der Waals surface area contributed by atoms with Crippen molar-refractivity contribution < 1.29 is 15.0 Å². The summed E-state index contributed by atoms with van der Waals surface area (Å²) in [5, 5.41) is 37.1. The summed E-state index contributed by atoms with van der Waals surface area (Å²) in [6, 6.07) is 8.68. The number of aliphatic carboxylic acids is 1. The first-order valence-electron chi connectivity index (χ1n) is 7.73. The molecular weight excluding hydrogens is 338 g/mol. The van der Waals surface area contributed by atoms with Crippen LogP contribution in [0.1, 0.15) is 12.8 Å². The molecule has 0 aliphatic rings. The maximum Gasteiger partial charge on any atom is 0.303 e. The van der Waals surface area contributed by atoms with Crippen molar-refractivity contribution in [3.05, 3.63) is 42.7 Å². The zero-order valence-corrected chi connectivity index (χ0v) is 13.5. The Morgan fingerprint density at radius 3 is 2.23 bits per heavy atom. The molecule has 10 nitrogen and oxygen atoms in total. The van der Waals surface area contributed by atoms with Gasteiger partial charge in [0.05, 0.1) is 11.9 Å². The lowest BCUT2D eigenvalue weighted by Crippen LogP contribution is -2.19. The van der Waals surface area contributed by atoms with E-state index >= 15 is 0 Å². The molecule has 0 aliphatic heterocycles. The summed E-state index contributed by atoms with van der Waals surface area (Å²) in [5.41, 5.74) is 1.57. The molecule has 26 heavy (non-hydrogen) atoms. The second-order valence-corrected chi connectivity index (χ2v) is 5.29. The molecule has 1 unspecified atom stereocenters. The molecule has 0 aromatic carbocycles. The van der Waals surface area contributed by atoms with Gasteiger partial charge >= 0.3 is 5.97 Å². The quantitative estimate of drug-likeness (QED) is 0.525. The van der Waals surface area contributed by atoms with Crippen molar-refractivity contribution >= 4 is 11.7 Å². The highest BCUT2D eigenvalue weighted by Crippen LogP contribution is 2.15. The predicted octanol–water partition coefficient (Wildman–Crippen LogP) is 0.986. The molecule has 3 heterocycles. The number of rotatable bonds is 7. The third-order valence-electron chi connectivity index (χ3n) is 3.33. The van der Waals surface area contributed by atoms with Gasteiger partial charge in [0.1, 0.15) is 17.6 Å². The van der Waals surface area contributed by atoms with Gasteiger partial charge in [-0.15, -0.1) is 20.4 Å². The van der Waals surface area contributed by atoms with Crippen LogP contribution in [0.3, 0.4) is 0 Å². The monoisotopic (exact) mass is 353 g/mol. The van der Waals surface area contributed by atoms with E-state index in [1.54, 1.807) is 30.5 Å². The number of carboxylic acids is 1. The van der Waals surface area contributed by atoms with Gasteiger partial charge in [-0.05, 0) is 24.3 Å². The van der Waals surface area contributed by atoms with Crippen LogP contribution in [0.25, 0.3) is 23.0 Å². The highest BCUT2D eigenvalue weighted by Gasteiger charge is 2.10. The average molecular weight is 353 g/mol. The van der Waals surface area contributed by atoms with Crippen molar-refractivity contribution in [2.24, 2.45) is 0 Å². The normalized spacial score (nSPS) is 11.7. The van der Waals surface area contributed by atoms with Crippen molar-refractivity contribution in [1.29, 1.82) is 0 Å². The molecule has 3 aromatic rings. The Morgan fingerprint density at radius 1 is 1.00 bits per heavy atom. The lowest BCUT2D eigenvalue weighted by Gasteiger charge is -2.12. The zero-order valence-electron chi connectivity index (χ0n) is 13.5. The van der Waals surface area contributed by atoms with Crippen molar-refractivity contribution in [1.82, 2.24) is 30.4 Å². The smallest absolute Gasteiger partial charge is 0.303 e. The fraction of sp³-hybridized carbons (Fsp3) is 0.188. The molecule has 0 saturated heterocycles. The Kier molecular flexibility index (Phi) is 5.34. The number of pyridine rings is 2. The number of nitrogens with one attached hydrogen (secondary N) is 1. The van der Waals surface area contributed by atoms with Gasteiger partial charge in [-0.1, -0.05) is 6.07 Å². The first-order valence-corrected chi connectivity index (χ1v) is 7.73. The van der Waals surface area contributed by atoms with Crippen LogP contribution in [0.4, 0.5) is 5.69 Å². The topological polar surface area (TPSA) is 147 Å². The van der Waals surface area contributed by atoms with Gasteiger partial charge in [0.25, 0.3) is 0 Å². The predicted molar refractivity (Wildman–Crippen MR) is 90.6 cm³/mol. The molecular formula is C16H15N7O3. The summed E-state index contributed by atoms with van der Waals surface area (Å²) in [5.74, 6) is -0.400. The molecule has 3 N–H and O–H groups in total. The van der Waals surface area contributed by atoms with Gasteiger partial charge in [0.15, 0.2) is 0 Å². The SMILES string of the molecule is O=C(O)CCC(O)Nc1ccc(-c2nnc(-c3ccccn3)nn2)nc1. The van der Waals surface area contributed by atoms with Gasteiger partial charge in [0, 0.05) is 19.0 Å². The van der Waals surface area contributed by atoms with E-state index in [-0.39, 0.29) is 18.7 Å². The number of hydrogen-bond acceptors (Lipinski definition) is 9. The van der Waals surface area contributed by atoms with Crippen LogP contribution in [-0.2, 0) is 4.79 Å². The van der Waals surface area contributed by atoms with Crippen molar-refractivity contribution in [2.45, 2.75) is 19.1 Å². The molecule has 0 spiro atoms. The van der Waals surface area contributed by atoms with Gasteiger partial charge < -0.3 is 15.5 Å². The largest absolute Gasteiger partial charge is 0.481 e. The number of aliphatic hydroxyl groups excluding tert-OH is 1. The molecule has 0 saturated carbocycles. The standard InChI is InChI=1S/C16H15N7O3/c24-13(6-7-14(25)26)19-10-4-5-12(18-9-10)16-22-20-15(21-23-16)11-3-1-2-8-17-11/h1-5,8-9,13,19,24H,6-7H2,(H,25,26). The van der Waals surface area contributed by atoms with E-state index in [2.05, 4.69) is 35.7 Å². The summed E-state index contributed by atoms with van der Waals surface area (Å²) in [7, 11) is 0. The average Bonchev–Trinajstić information content (AvgIpc) is 2.68. The van der Waals surface area contributed by atoms with E-state index in [4.69, 9.17) is 5.11 Å². The number of aromatic nitrogens is 6. The summed E-state index contributed by atoms with van der Waals surface area (Å²) in [6.07, 6.45) is 2.09. The summed E-state index contributed by atoms with van der Waals surface area (Å²) < 4.78 is 0. The second-order valence-electron chi connectivity index (χ2n) is 5.29. The first-order chi connectivity index (χ1) is 12.6. The molecule has 3 rings (SSSR count). The van der Waals surface area contributed by atoms with Gasteiger partial charge in [-0.2, -0.15) is 0 Å². The minimum Gasteiger partial charge on any atom is -0.481 e. The molecule has 132 valence electrons. The van der Waals surface area contributed by atoms with Crippen LogP contribution < -0.4 is 5.32 Å². The van der Waals surface area contributed by atoms with Gasteiger partial charge in [-0.3, -0.25) is 14.8 Å². The van der Waals surface area contributed by atoms with Gasteiger partial charge in [0.2, 0.25) is 11.6 Å². The number of carboxylic acid groups (broad SMARTS) is 1. The van der Waals surface area contributed by atoms with E-state index in [1.165, 1.54) is 6.20 Å². The van der Waals surface area contributed by atoms with Crippen LogP contribution in [-0.4, -0.2) is 52.8 Å². The third kappa shape index (κ3) is 4.51. The number of aliphatic hydroxyl groups is 1. The number of anilines is 1. The van der Waals surface area contributed by atoms with Crippen LogP contribution in [0.15, 0.2) is 42.7 Å². The van der Waals surface area contributed by atoms with Gasteiger partial charge in [-0.25, -0.2) is 0 Å². The minimum atomic E-state index is -0.976. The molecule has 3 aromatic heterocycles. The second kappa shape index (κ2) is 8.03. The molecule has 10 heteroatoms. The molecule has 0 amide bonds. The molecule has 0 bridgehead atoms. The minimum absolute atomic E-state index is 0.0863. The van der Waals surface area contributed by atoms with E-state index in [0.717, 1.165) is 0 Å². The number of hydrogen-bond donors (Lipinski definition) is 3. The third-order valence-corrected chi connectivity index (χ3v) is 3.33. The van der Waals surface area contributed by atoms with Crippen LogP contribution in [0.2, 0.25) is 0 Å². The highest BCUT2D eigenvalue weighted by molar-refractivity contribution is 5.66. The lowest BCUT2D eigenvalue weighted by atomic mass is 10.2. The molecule has 1 atom stereocenters. The Balaban J connectivity index is 1.66. The number of carbonyl (C=O) groups is 1. The Labute approximate surface area is 148 Å². The summed E-state index contributed by atoms with van der Waals surface area (Å²) in [4.78, 5) is 18.8.